The number of phenols is 1. The number of carbonyl (C=O) groups is 3. The van der Waals surface area contributed by atoms with Gasteiger partial charge in [-0.2, -0.15) is 0 Å². The normalized spacial score (nSPS) is 11.9. The molecule has 2 aromatic carbocycles. The third-order valence-electron chi connectivity index (χ3n) is 4.80. The number of rotatable bonds is 7. The van der Waals surface area contributed by atoms with E-state index < -0.39 is 18.0 Å². The molecule has 0 aliphatic carbocycles. The molecule has 2 amide bonds. The fourth-order valence-corrected chi connectivity index (χ4v) is 2.97. The summed E-state index contributed by atoms with van der Waals surface area (Å²) in [7, 11) is 0. The van der Waals surface area contributed by atoms with Gasteiger partial charge in [0.15, 0.2) is 6.10 Å². The Morgan fingerprint density at radius 3 is 1.90 bits per heavy atom. The summed E-state index contributed by atoms with van der Waals surface area (Å²) in [5.74, 6) is -1.40. The Morgan fingerprint density at radius 1 is 0.871 bits per heavy atom. The van der Waals surface area contributed by atoms with Crippen LogP contribution in [0.4, 0.5) is 11.4 Å². The van der Waals surface area contributed by atoms with Gasteiger partial charge in [0.25, 0.3) is 5.91 Å². The molecule has 0 unspecified atom stereocenters. The first-order chi connectivity index (χ1) is 14.5. The lowest BCUT2D eigenvalue weighted by atomic mass is 9.92. The van der Waals surface area contributed by atoms with Crippen molar-refractivity contribution in [3.05, 3.63) is 53.1 Å². The molecule has 0 aromatic heterocycles. The lowest BCUT2D eigenvalue weighted by molar-refractivity contribution is -0.123. The fraction of sp³-hybridized carbons (Fsp3) is 0.375. The van der Waals surface area contributed by atoms with E-state index in [9.17, 15) is 19.5 Å². The predicted molar refractivity (Wildman–Crippen MR) is 121 cm³/mol. The number of anilines is 2. The van der Waals surface area contributed by atoms with Crippen LogP contribution in [0.5, 0.6) is 5.75 Å². The largest absolute Gasteiger partial charge is 0.507 e. The molecule has 2 rings (SSSR count). The minimum Gasteiger partial charge on any atom is -0.507 e. The molecule has 7 nitrogen and oxygen atoms in total. The van der Waals surface area contributed by atoms with Gasteiger partial charge < -0.3 is 20.5 Å². The van der Waals surface area contributed by atoms with Crippen LogP contribution in [0, 0.1) is 0 Å². The predicted octanol–water partition coefficient (Wildman–Crippen LogP) is 4.78. The second-order valence-electron chi connectivity index (χ2n) is 8.11. The van der Waals surface area contributed by atoms with E-state index in [-0.39, 0.29) is 29.1 Å². The summed E-state index contributed by atoms with van der Waals surface area (Å²) in [6, 6.07) is 10.1. The van der Waals surface area contributed by atoms with Gasteiger partial charge in [-0.1, -0.05) is 33.8 Å². The molecule has 0 fully saturated rings. The zero-order chi connectivity index (χ0) is 23.3. The molecule has 0 saturated heterocycles. The SMILES string of the molecule is CC(=O)Nc1ccc(NC(=O)[C@@H](C)OC(=O)c2cc(C(C)C)cc(C(C)C)c2O)cc1. The minimum atomic E-state index is -1.08. The van der Waals surface area contributed by atoms with Gasteiger partial charge in [-0.05, 0) is 60.2 Å². The van der Waals surface area contributed by atoms with Crippen LogP contribution in [0.25, 0.3) is 0 Å². The lowest BCUT2D eigenvalue weighted by Gasteiger charge is -2.18. The molecule has 7 heteroatoms. The number of aromatic hydroxyl groups is 1. The van der Waals surface area contributed by atoms with E-state index in [1.54, 1.807) is 30.3 Å². The summed E-state index contributed by atoms with van der Waals surface area (Å²) < 4.78 is 5.33. The molecular weight excluding hydrogens is 396 g/mol. The number of phenolic OH excluding ortho intramolecular Hbond substituents is 1. The van der Waals surface area contributed by atoms with Gasteiger partial charge >= 0.3 is 5.97 Å². The molecule has 1 atom stereocenters. The topological polar surface area (TPSA) is 105 Å². The highest BCUT2D eigenvalue weighted by Gasteiger charge is 2.24. The van der Waals surface area contributed by atoms with Crippen LogP contribution in [0.3, 0.4) is 0 Å². The van der Waals surface area contributed by atoms with Crippen molar-refractivity contribution in [3.63, 3.8) is 0 Å². The molecule has 0 aliphatic rings. The number of hydrogen-bond acceptors (Lipinski definition) is 5. The van der Waals surface area contributed by atoms with Crippen molar-refractivity contribution in [2.45, 2.75) is 59.5 Å². The Bertz CT molecular complexity index is 965. The van der Waals surface area contributed by atoms with Gasteiger partial charge in [-0.15, -0.1) is 0 Å². The number of ether oxygens (including phenoxy) is 1. The average molecular weight is 427 g/mol. The maximum absolute atomic E-state index is 12.7. The molecule has 0 radical (unpaired) electrons. The van der Waals surface area contributed by atoms with Gasteiger partial charge in [-0.25, -0.2) is 4.79 Å². The van der Waals surface area contributed by atoms with E-state index in [1.165, 1.54) is 13.8 Å². The Balaban J connectivity index is 2.12. The number of esters is 1. The van der Waals surface area contributed by atoms with Crippen LogP contribution < -0.4 is 10.6 Å². The van der Waals surface area contributed by atoms with Gasteiger partial charge in [0, 0.05) is 18.3 Å². The van der Waals surface area contributed by atoms with Gasteiger partial charge in [0.1, 0.15) is 11.3 Å². The second kappa shape index (κ2) is 10.1. The van der Waals surface area contributed by atoms with E-state index in [2.05, 4.69) is 10.6 Å². The standard InChI is InChI=1S/C24H30N2O5/c1-13(2)17-11-20(14(3)4)22(28)21(12-17)24(30)31-15(5)23(29)26-19-9-7-18(8-10-19)25-16(6)27/h7-15,28H,1-6H3,(H,25,27)(H,26,29)/t15-/m1/s1. The minimum absolute atomic E-state index is 0.0198. The van der Waals surface area contributed by atoms with Crippen LogP contribution in [0.1, 0.15) is 74.9 Å². The van der Waals surface area contributed by atoms with Crippen molar-refractivity contribution < 1.29 is 24.2 Å². The van der Waals surface area contributed by atoms with Crippen LogP contribution >= 0.6 is 0 Å². The zero-order valence-electron chi connectivity index (χ0n) is 18.8. The third-order valence-corrected chi connectivity index (χ3v) is 4.80. The fourth-order valence-electron chi connectivity index (χ4n) is 2.97. The quantitative estimate of drug-likeness (QED) is 0.553. The molecule has 0 spiro atoms. The molecule has 0 saturated carbocycles. The number of benzene rings is 2. The number of amides is 2. The van der Waals surface area contributed by atoms with Crippen molar-refractivity contribution in [1.82, 2.24) is 0 Å². The third kappa shape index (κ3) is 6.31. The molecule has 3 N–H and O–H groups in total. The smallest absolute Gasteiger partial charge is 0.342 e. The Hall–Kier alpha value is -3.35. The molecule has 166 valence electrons. The molecule has 2 aromatic rings. The Kier molecular flexibility index (Phi) is 7.80. The van der Waals surface area contributed by atoms with Crippen LogP contribution in [0.15, 0.2) is 36.4 Å². The van der Waals surface area contributed by atoms with Crippen LogP contribution in [-0.4, -0.2) is 29.0 Å². The van der Waals surface area contributed by atoms with Crippen LogP contribution in [-0.2, 0) is 14.3 Å². The maximum Gasteiger partial charge on any atom is 0.342 e. The van der Waals surface area contributed by atoms with Gasteiger partial charge in [0.2, 0.25) is 5.91 Å². The Morgan fingerprint density at radius 2 is 1.42 bits per heavy atom. The highest BCUT2D eigenvalue weighted by molar-refractivity contribution is 5.99. The van der Waals surface area contributed by atoms with E-state index in [0.717, 1.165) is 5.56 Å². The van der Waals surface area contributed by atoms with E-state index in [4.69, 9.17) is 4.74 Å². The van der Waals surface area contributed by atoms with Gasteiger partial charge in [0.05, 0.1) is 0 Å². The molecule has 0 aliphatic heterocycles. The van der Waals surface area contributed by atoms with Crippen molar-refractivity contribution in [3.8, 4) is 5.75 Å². The molecule has 0 bridgehead atoms. The van der Waals surface area contributed by atoms with E-state index in [0.29, 0.717) is 16.9 Å². The molecule has 0 heterocycles. The summed E-state index contributed by atoms with van der Waals surface area (Å²) in [4.78, 5) is 36.3. The van der Waals surface area contributed by atoms with Crippen LogP contribution in [0.2, 0.25) is 0 Å². The summed E-state index contributed by atoms with van der Waals surface area (Å²) in [5, 5.41) is 15.9. The van der Waals surface area contributed by atoms with Crippen molar-refractivity contribution in [2.75, 3.05) is 10.6 Å². The number of hydrogen-bond donors (Lipinski definition) is 3. The monoisotopic (exact) mass is 426 g/mol. The van der Waals surface area contributed by atoms with Gasteiger partial charge in [-0.3, -0.25) is 9.59 Å². The molecule has 31 heavy (non-hydrogen) atoms. The molecular formula is C24H30N2O5. The first kappa shape index (κ1) is 23.9. The van der Waals surface area contributed by atoms with E-state index in [1.807, 2.05) is 33.8 Å². The highest BCUT2D eigenvalue weighted by atomic mass is 16.5. The van der Waals surface area contributed by atoms with Crippen molar-refractivity contribution in [1.29, 1.82) is 0 Å². The first-order valence-electron chi connectivity index (χ1n) is 10.3. The lowest BCUT2D eigenvalue weighted by Crippen LogP contribution is -2.30. The summed E-state index contributed by atoms with van der Waals surface area (Å²) >= 11 is 0. The number of nitrogens with one attached hydrogen (secondary N) is 2. The number of carbonyl (C=O) groups excluding carboxylic acids is 3. The van der Waals surface area contributed by atoms with Crippen molar-refractivity contribution >= 4 is 29.2 Å². The average Bonchev–Trinajstić information content (AvgIpc) is 2.68. The summed E-state index contributed by atoms with van der Waals surface area (Å²) in [5.41, 5.74) is 2.72. The van der Waals surface area contributed by atoms with E-state index >= 15 is 0 Å². The zero-order valence-corrected chi connectivity index (χ0v) is 18.8. The first-order valence-corrected chi connectivity index (χ1v) is 10.3. The summed E-state index contributed by atoms with van der Waals surface area (Å²) in [6.07, 6.45) is -1.08. The van der Waals surface area contributed by atoms with Crippen molar-refractivity contribution in [2.24, 2.45) is 0 Å². The Labute approximate surface area is 182 Å². The maximum atomic E-state index is 12.7. The highest BCUT2D eigenvalue weighted by Crippen LogP contribution is 2.33. The summed E-state index contributed by atoms with van der Waals surface area (Å²) in [6.45, 7) is 10.7. The second-order valence-corrected chi connectivity index (χ2v) is 8.11.